The van der Waals surface area contributed by atoms with Gasteiger partial charge in [0.2, 0.25) is 11.7 Å². The number of rotatable bonds is 12. The molecule has 0 saturated heterocycles. The summed E-state index contributed by atoms with van der Waals surface area (Å²) >= 11 is 0. The first-order valence-corrected chi connectivity index (χ1v) is 11.1. The normalized spacial score (nSPS) is 11.5. The van der Waals surface area contributed by atoms with Crippen molar-refractivity contribution in [2.75, 3.05) is 40.3 Å². The van der Waals surface area contributed by atoms with E-state index in [1.54, 1.807) is 13.3 Å². The Balaban J connectivity index is 2.10. The molecule has 1 heterocycles. The van der Waals surface area contributed by atoms with Crippen LogP contribution in [0.25, 0.3) is 22.4 Å². The number of nitrogens with zero attached hydrogens (tertiary/aromatic N) is 2. The zero-order chi connectivity index (χ0) is 26.2. The van der Waals surface area contributed by atoms with Gasteiger partial charge in [-0.15, -0.1) is 0 Å². The van der Waals surface area contributed by atoms with E-state index in [4.69, 9.17) is 29.8 Å². The molecule has 3 rings (SSSR count). The molecule has 0 saturated carbocycles. The van der Waals surface area contributed by atoms with E-state index in [-0.39, 0.29) is 17.4 Å². The second-order valence-corrected chi connectivity index (χ2v) is 7.74. The number of carboxylic acids is 1. The quantitative estimate of drug-likeness (QED) is 0.272. The van der Waals surface area contributed by atoms with Gasteiger partial charge in [0.05, 0.1) is 39.7 Å². The number of phenols is 1. The maximum absolute atomic E-state index is 11.0. The molecule has 0 fully saturated rings. The van der Waals surface area contributed by atoms with E-state index in [0.717, 1.165) is 5.56 Å². The van der Waals surface area contributed by atoms with E-state index >= 15 is 0 Å². The lowest BCUT2D eigenvalue weighted by Crippen LogP contribution is -2.30. The van der Waals surface area contributed by atoms with Crippen LogP contribution in [-0.2, 0) is 4.79 Å². The van der Waals surface area contributed by atoms with Crippen LogP contribution in [0.15, 0.2) is 36.5 Å². The molecule has 1 unspecified atom stereocenters. The summed E-state index contributed by atoms with van der Waals surface area (Å²) in [5, 5.41) is 23.0. The summed E-state index contributed by atoms with van der Waals surface area (Å²) in [5.74, 6) is 0.618. The van der Waals surface area contributed by atoms with Crippen LogP contribution in [0.3, 0.4) is 0 Å². The number of carboxylic acid groups (broad SMARTS) is 1. The predicted molar refractivity (Wildman–Crippen MR) is 134 cm³/mol. The Morgan fingerprint density at radius 1 is 1.06 bits per heavy atom. The predicted octanol–water partition coefficient (Wildman–Crippen LogP) is 3.15. The Kier molecular flexibility index (Phi) is 8.74. The number of anilines is 1. The van der Waals surface area contributed by atoms with Crippen LogP contribution in [0, 0.1) is 0 Å². The molecule has 0 aliphatic heterocycles. The Morgan fingerprint density at radius 2 is 1.75 bits per heavy atom. The first-order valence-electron chi connectivity index (χ1n) is 11.1. The molecule has 11 nitrogen and oxygen atoms in total. The summed E-state index contributed by atoms with van der Waals surface area (Å²) in [6.07, 6.45) is 2.42. The van der Waals surface area contributed by atoms with Crippen molar-refractivity contribution >= 4 is 11.9 Å². The Hall–Kier alpha value is -4.25. The van der Waals surface area contributed by atoms with Gasteiger partial charge in [-0.2, -0.15) is 0 Å². The maximum Gasteiger partial charge on any atom is 0.320 e. The number of nitrogens with one attached hydrogen (secondary N) is 1. The third-order valence-electron chi connectivity index (χ3n) is 5.53. The van der Waals surface area contributed by atoms with Crippen LogP contribution < -0.4 is 30.0 Å². The standard InChI is InChI=1S/C25H30N4O7/c1-33-15-9-7-14(8-10-15)16-13-28-25(27-11-5-6-17(26)24(31)32)29-21(16)20-18(30)12-19(34-2)22(35-3)23(20)36-4/h7-10,12-13,17,30H,5-6,11,26H2,1-4H3,(H,31,32)(H,27,28,29). The Labute approximate surface area is 208 Å². The van der Waals surface area contributed by atoms with E-state index in [1.165, 1.54) is 27.4 Å². The number of benzene rings is 2. The van der Waals surface area contributed by atoms with Gasteiger partial charge in [0, 0.05) is 24.4 Å². The van der Waals surface area contributed by atoms with Crippen LogP contribution in [-0.4, -0.2) is 67.2 Å². The van der Waals surface area contributed by atoms with Gasteiger partial charge in [-0.3, -0.25) is 4.79 Å². The number of aromatic nitrogens is 2. The number of aliphatic carboxylic acids is 1. The van der Waals surface area contributed by atoms with Gasteiger partial charge < -0.3 is 40.2 Å². The number of carbonyl (C=O) groups is 1. The molecule has 5 N–H and O–H groups in total. The molecule has 0 amide bonds. The van der Waals surface area contributed by atoms with Crippen LogP contribution in [0.5, 0.6) is 28.7 Å². The minimum atomic E-state index is -1.05. The highest BCUT2D eigenvalue weighted by Crippen LogP contribution is 2.51. The molecular weight excluding hydrogens is 468 g/mol. The first kappa shape index (κ1) is 26.4. The average Bonchev–Trinajstić information content (AvgIpc) is 2.90. The minimum Gasteiger partial charge on any atom is -0.507 e. The summed E-state index contributed by atoms with van der Waals surface area (Å²) in [7, 11) is 5.97. The molecule has 0 aliphatic carbocycles. The van der Waals surface area contributed by atoms with Gasteiger partial charge in [0.15, 0.2) is 11.5 Å². The number of ether oxygens (including phenoxy) is 4. The molecule has 2 aromatic carbocycles. The number of nitrogens with two attached hydrogens (primary N) is 1. The Morgan fingerprint density at radius 3 is 2.33 bits per heavy atom. The van der Waals surface area contributed by atoms with Gasteiger partial charge >= 0.3 is 5.97 Å². The monoisotopic (exact) mass is 498 g/mol. The van der Waals surface area contributed by atoms with Crippen LogP contribution >= 0.6 is 0 Å². The lowest BCUT2D eigenvalue weighted by molar-refractivity contribution is -0.138. The van der Waals surface area contributed by atoms with Gasteiger partial charge in [-0.05, 0) is 30.5 Å². The van der Waals surface area contributed by atoms with Crippen LogP contribution in [0.1, 0.15) is 12.8 Å². The summed E-state index contributed by atoms with van der Waals surface area (Å²) in [5.41, 5.74) is 7.65. The highest BCUT2D eigenvalue weighted by atomic mass is 16.5. The molecule has 0 spiro atoms. The molecule has 192 valence electrons. The molecule has 1 aromatic heterocycles. The van der Waals surface area contributed by atoms with E-state index in [2.05, 4.69) is 15.3 Å². The van der Waals surface area contributed by atoms with E-state index in [1.807, 2.05) is 24.3 Å². The zero-order valence-corrected chi connectivity index (χ0v) is 20.6. The van der Waals surface area contributed by atoms with Crippen molar-refractivity contribution in [1.29, 1.82) is 0 Å². The minimum absolute atomic E-state index is 0.128. The van der Waals surface area contributed by atoms with Gasteiger partial charge in [0.1, 0.15) is 17.5 Å². The third-order valence-corrected chi connectivity index (χ3v) is 5.53. The number of aromatic hydroxyl groups is 1. The summed E-state index contributed by atoms with van der Waals surface area (Å²) in [4.78, 5) is 20.0. The van der Waals surface area contributed by atoms with Crippen LogP contribution in [0.2, 0.25) is 0 Å². The van der Waals surface area contributed by atoms with Gasteiger partial charge in [-0.25, -0.2) is 9.97 Å². The highest BCUT2D eigenvalue weighted by Gasteiger charge is 2.26. The molecule has 11 heteroatoms. The molecule has 3 aromatic rings. The largest absolute Gasteiger partial charge is 0.507 e. The second kappa shape index (κ2) is 11.9. The highest BCUT2D eigenvalue weighted by molar-refractivity contribution is 5.89. The summed E-state index contributed by atoms with van der Waals surface area (Å²) in [6.45, 7) is 0.400. The average molecular weight is 499 g/mol. The summed E-state index contributed by atoms with van der Waals surface area (Å²) in [6, 6.07) is 7.81. The first-order chi connectivity index (χ1) is 17.3. The number of hydrogen-bond donors (Lipinski definition) is 4. The molecule has 0 radical (unpaired) electrons. The topological polar surface area (TPSA) is 158 Å². The molecule has 0 bridgehead atoms. The fourth-order valence-corrected chi connectivity index (χ4v) is 3.66. The number of hydrogen-bond acceptors (Lipinski definition) is 10. The maximum atomic E-state index is 11.0. The second-order valence-electron chi connectivity index (χ2n) is 7.74. The third kappa shape index (κ3) is 5.69. The van der Waals surface area contributed by atoms with E-state index in [0.29, 0.717) is 53.5 Å². The van der Waals surface area contributed by atoms with Crippen molar-refractivity contribution in [3.05, 3.63) is 36.5 Å². The van der Waals surface area contributed by atoms with E-state index in [9.17, 15) is 9.90 Å². The molecule has 36 heavy (non-hydrogen) atoms. The Bertz CT molecular complexity index is 1200. The zero-order valence-electron chi connectivity index (χ0n) is 20.6. The summed E-state index contributed by atoms with van der Waals surface area (Å²) < 4.78 is 21.7. The van der Waals surface area contributed by atoms with Crippen molar-refractivity contribution < 1.29 is 34.0 Å². The number of methoxy groups -OCH3 is 4. The molecular formula is C25H30N4O7. The number of phenolic OH excluding ortho intramolecular Hbond substituents is 1. The lowest BCUT2D eigenvalue weighted by atomic mass is 9.98. The van der Waals surface area contributed by atoms with Crippen molar-refractivity contribution in [3.63, 3.8) is 0 Å². The fraction of sp³-hybridized carbons (Fsp3) is 0.320. The lowest BCUT2D eigenvalue weighted by Gasteiger charge is -2.19. The smallest absolute Gasteiger partial charge is 0.320 e. The molecule has 1 atom stereocenters. The SMILES string of the molecule is COc1ccc(-c2cnc(NCCCC(N)C(=O)O)nc2-c2c(O)cc(OC)c(OC)c2OC)cc1. The molecule has 0 aliphatic rings. The van der Waals surface area contributed by atoms with Gasteiger partial charge in [-0.1, -0.05) is 12.1 Å². The van der Waals surface area contributed by atoms with Crippen molar-refractivity contribution in [3.8, 4) is 51.1 Å². The fourth-order valence-electron chi connectivity index (χ4n) is 3.66. The van der Waals surface area contributed by atoms with Crippen molar-refractivity contribution in [1.82, 2.24) is 9.97 Å². The van der Waals surface area contributed by atoms with E-state index < -0.39 is 12.0 Å². The van der Waals surface area contributed by atoms with Crippen molar-refractivity contribution in [2.45, 2.75) is 18.9 Å². The van der Waals surface area contributed by atoms with Crippen molar-refractivity contribution in [2.24, 2.45) is 5.73 Å². The van der Waals surface area contributed by atoms with Gasteiger partial charge in [0.25, 0.3) is 0 Å². The van der Waals surface area contributed by atoms with Crippen LogP contribution in [0.4, 0.5) is 5.95 Å².